The van der Waals surface area contributed by atoms with Crippen molar-refractivity contribution < 1.29 is 4.74 Å². The van der Waals surface area contributed by atoms with Gasteiger partial charge in [-0.05, 0) is 50.9 Å². The molecule has 1 atom stereocenters. The predicted molar refractivity (Wildman–Crippen MR) is 120 cm³/mol. The molecule has 2 heterocycles. The van der Waals surface area contributed by atoms with E-state index < -0.39 is 0 Å². The second kappa shape index (κ2) is 12.2. The van der Waals surface area contributed by atoms with Gasteiger partial charge in [-0.25, -0.2) is 4.99 Å². The second-order valence-electron chi connectivity index (χ2n) is 8.26. The van der Waals surface area contributed by atoms with Crippen LogP contribution >= 0.6 is 0 Å². The van der Waals surface area contributed by atoms with Gasteiger partial charge in [0, 0.05) is 39.3 Å². The van der Waals surface area contributed by atoms with E-state index in [0.717, 1.165) is 51.8 Å². The van der Waals surface area contributed by atoms with Gasteiger partial charge in [-0.3, -0.25) is 4.90 Å². The number of hydrogen-bond donors (Lipinski definition) is 2. The van der Waals surface area contributed by atoms with Crippen molar-refractivity contribution in [2.75, 3.05) is 52.4 Å². The molecule has 0 spiro atoms. The van der Waals surface area contributed by atoms with E-state index in [2.05, 4.69) is 58.5 Å². The predicted octanol–water partition coefficient (Wildman–Crippen LogP) is 2.45. The summed E-state index contributed by atoms with van der Waals surface area (Å²) in [4.78, 5) is 9.84. The minimum absolute atomic E-state index is 0.329. The fraction of sp³-hybridized carbons (Fsp3) is 0.696. The SMILES string of the molecule is CCNC(=NCc1cccc(CN2CCOC(C)C2)c1)NCCN1CCCCC1. The standard InChI is InChI=1S/C23H39N5O/c1-3-24-23(25-10-13-27-11-5-4-6-12-27)26-17-21-8-7-9-22(16-21)19-28-14-15-29-20(2)18-28/h7-9,16,20H,3-6,10-15,17-19H2,1-2H3,(H2,24,25,26). The van der Waals surface area contributed by atoms with Gasteiger partial charge in [-0.15, -0.1) is 0 Å². The normalized spacial score (nSPS) is 21.9. The molecule has 6 nitrogen and oxygen atoms in total. The Morgan fingerprint density at radius 2 is 1.93 bits per heavy atom. The summed E-state index contributed by atoms with van der Waals surface area (Å²) in [5.41, 5.74) is 2.62. The molecule has 0 bridgehead atoms. The van der Waals surface area contributed by atoms with Gasteiger partial charge < -0.3 is 20.3 Å². The molecule has 2 aliphatic heterocycles. The maximum Gasteiger partial charge on any atom is 0.191 e. The molecule has 0 radical (unpaired) electrons. The number of aliphatic imine (C=N–C) groups is 1. The lowest BCUT2D eigenvalue weighted by Crippen LogP contribution is -2.42. The summed E-state index contributed by atoms with van der Waals surface area (Å²) in [6, 6.07) is 8.84. The van der Waals surface area contributed by atoms with Crippen LogP contribution in [0.15, 0.2) is 29.3 Å². The summed E-state index contributed by atoms with van der Waals surface area (Å²) < 4.78 is 5.65. The van der Waals surface area contributed by atoms with Crippen molar-refractivity contribution in [1.82, 2.24) is 20.4 Å². The summed E-state index contributed by atoms with van der Waals surface area (Å²) >= 11 is 0. The molecule has 3 rings (SSSR count). The fourth-order valence-corrected chi connectivity index (χ4v) is 4.15. The maximum absolute atomic E-state index is 5.65. The van der Waals surface area contributed by atoms with Crippen molar-refractivity contribution >= 4 is 5.96 Å². The number of morpholine rings is 1. The molecule has 0 aliphatic carbocycles. The van der Waals surface area contributed by atoms with E-state index >= 15 is 0 Å². The van der Waals surface area contributed by atoms with Gasteiger partial charge >= 0.3 is 0 Å². The van der Waals surface area contributed by atoms with Crippen molar-refractivity contribution in [3.8, 4) is 0 Å². The van der Waals surface area contributed by atoms with E-state index in [1.54, 1.807) is 0 Å². The number of nitrogens with one attached hydrogen (secondary N) is 2. The van der Waals surface area contributed by atoms with Crippen LogP contribution in [-0.2, 0) is 17.8 Å². The van der Waals surface area contributed by atoms with E-state index in [9.17, 15) is 0 Å². The van der Waals surface area contributed by atoms with Crippen molar-refractivity contribution in [3.63, 3.8) is 0 Å². The topological polar surface area (TPSA) is 52.1 Å². The number of hydrogen-bond acceptors (Lipinski definition) is 4. The first kappa shape index (κ1) is 22.1. The van der Waals surface area contributed by atoms with Crippen LogP contribution in [0.5, 0.6) is 0 Å². The Kier molecular flexibility index (Phi) is 9.25. The average molecular weight is 402 g/mol. The van der Waals surface area contributed by atoms with Gasteiger partial charge in [0.25, 0.3) is 0 Å². The number of piperidine rings is 1. The number of likely N-dealkylation sites (tertiary alicyclic amines) is 1. The van der Waals surface area contributed by atoms with Crippen molar-refractivity contribution in [2.45, 2.75) is 52.3 Å². The van der Waals surface area contributed by atoms with Crippen LogP contribution < -0.4 is 10.6 Å². The largest absolute Gasteiger partial charge is 0.376 e. The van der Waals surface area contributed by atoms with Gasteiger partial charge in [0.05, 0.1) is 19.3 Å². The van der Waals surface area contributed by atoms with Gasteiger partial charge in [-0.1, -0.05) is 30.7 Å². The zero-order valence-corrected chi connectivity index (χ0v) is 18.3. The monoisotopic (exact) mass is 401 g/mol. The molecule has 29 heavy (non-hydrogen) atoms. The molecule has 2 saturated heterocycles. The summed E-state index contributed by atoms with van der Waals surface area (Å²) in [5.74, 6) is 0.914. The molecule has 0 aromatic heterocycles. The van der Waals surface area contributed by atoms with Crippen molar-refractivity contribution in [3.05, 3.63) is 35.4 Å². The Labute approximate surface area is 176 Å². The Balaban J connectivity index is 1.48. The highest BCUT2D eigenvalue weighted by Crippen LogP contribution is 2.13. The molecule has 2 aliphatic rings. The summed E-state index contributed by atoms with van der Waals surface area (Å²) in [7, 11) is 0. The van der Waals surface area contributed by atoms with Gasteiger partial charge in [0.1, 0.15) is 0 Å². The first-order valence-electron chi connectivity index (χ1n) is 11.4. The summed E-state index contributed by atoms with van der Waals surface area (Å²) in [6.45, 7) is 14.2. The number of ether oxygens (including phenoxy) is 1. The molecule has 162 valence electrons. The number of guanidine groups is 1. The Morgan fingerprint density at radius 3 is 2.72 bits per heavy atom. The maximum atomic E-state index is 5.65. The lowest BCUT2D eigenvalue weighted by Gasteiger charge is -2.31. The van der Waals surface area contributed by atoms with E-state index in [0.29, 0.717) is 12.6 Å². The summed E-state index contributed by atoms with van der Waals surface area (Å²) in [6.07, 6.45) is 4.40. The smallest absolute Gasteiger partial charge is 0.191 e. The molecular weight excluding hydrogens is 362 g/mol. The molecular formula is C23H39N5O. The zero-order chi connectivity index (χ0) is 20.3. The first-order valence-corrected chi connectivity index (χ1v) is 11.4. The number of nitrogens with zero attached hydrogens (tertiary/aromatic N) is 3. The molecule has 1 unspecified atom stereocenters. The Hall–Kier alpha value is -1.63. The lowest BCUT2D eigenvalue weighted by molar-refractivity contribution is -0.0212. The van der Waals surface area contributed by atoms with Gasteiger partial charge in [-0.2, -0.15) is 0 Å². The Bertz CT molecular complexity index is 629. The molecule has 1 aromatic rings. The van der Waals surface area contributed by atoms with Crippen molar-refractivity contribution in [2.24, 2.45) is 4.99 Å². The van der Waals surface area contributed by atoms with Crippen molar-refractivity contribution in [1.29, 1.82) is 0 Å². The van der Waals surface area contributed by atoms with Gasteiger partial charge in [0.15, 0.2) is 5.96 Å². The number of benzene rings is 1. The van der Waals surface area contributed by atoms with E-state index in [1.165, 1.54) is 43.5 Å². The van der Waals surface area contributed by atoms with Crippen LogP contribution in [0.3, 0.4) is 0 Å². The highest BCUT2D eigenvalue weighted by atomic mass is 16.5. The molecule has 2 N–H and O–H groups in total. The molecule has 1 aromatic carbocycles. The summed E-state index contributed by atoms with van der Waals surface area (Å²) in [5, 5.41) is 6.87. The highest BCUT2D eigenvalue weighted by Gasteiger charge is 2.16. The van der Waals surface area contributed by atoms with Crippen LogP contribution in [0.1, 0.15) is 44.2 Å². The zero-order valence-electron chi connectivity index (χ0n) is 18.3. The molecule has 0 amide bonds. The number of rotatable bonds is 8. The van der Waals surface area contributed by atoms with E-state index in [-0.39, 0.29) is 0 Å². The van der Waals surface area contributed by atoms with E-state index in [1.807, 2.05) is 0 Å². The lowest BCUT2D eigenvalue weighted by atomic mass is 10.1. The van der Waals surface area contributed by atoms with Crippen LogP contribution in [0.4, 0.5) is 0 Å². The minimum atomic E-state index is 0.329. The highest BCUT2D eigenvalue weighted by molar-refractivity contribution is 5.79. The third-order valence-electron chi connectivity index (χ3n) is 5.66. The van der Waals surface area contributed by atoms with Crippen LogP contribution in [-0.4, -0.2) is 74.3 Å². The average Bonchev–Trinajstić information content (AvgIpc) is 2.73. The Morgan fingerprint density at radius 1 is 1.10 bits per heavy atom. The molecule has 6 heteroatoms. The molecule has 0 saturated carbocycles. The third-order valence-corrected chi connectivity index (χ3v) is 5.66. The molecule has 2 fully saturated rings. The second-order valence-corrected chi connectivity index (χ2v) is 8.26. The van der Waals surface area contributed by atoms with Crippen LogP contribution in [0.25, 0.3) is 0 Å². The van der Waals surface area contributed by atoms with E-state index in [4.69, 9.17) is 9.73 Å². The van der Waals surface area contributed by atoms with Crippen LogP contribution in [0.2, 0.25) is 0 Å². The van der Waals surface area contributed by atoms with Gasteiger partial charge in [0.2, 0.25) is 0 Å². The van der Waals surface area contributed by atoms with Crippen LogP contribution in [0, 0.1) is 0 Å². The quantitative estimate of drug-likeness (QED) is 0.518. The fourth-order valence-electron chi connectivity index (χ4n) is 4.15. The first-order chi connectivity index (χ1) is 14.2. The third kappa shape index (κ3) is 7.96. The minimum Gasteiger partial charge on any atom is -0.376 e.